The SMILES string of the molecule is CC1(C)CC(=O)C(C(C2=C(O)CC(C)(C)CC2=O)c2ccsc2)=C(O)C1. The Morgan fingerprint density at radius 2 is 1.35 bits per heavy atom. The fraction of sp³-hybridized carbons (Fsp3) is 0.524. The zero-order valence-electron chi connectivity index (χ0n) is 15.8. The number of hydrogen-bond donors (Lipinski definition) is 2. The van der Waals surface area contributed by atoms with Gasteiger partial charge in [-0.2, -0.15) is 11.3 Å². The van der Waals surface area contributed by atoms with Crippen molar-refractivity contribution >= 4 is 22.9 Å². The summed E-state index contributed by atoms with van der Waals surface area (Å²) in [5.41, 5.74) is 0.714. The average molecular weight is 375 g/mol. The number of aliphatic hydroxyl groups is 2. The summed E-state index contributed by atoms with van der Waals surface area (Å²) in [5.74, 6) is -0.894. The van der Waals surface area contributed by atoms with Crippen molar-refractivity contribution in [1.82, 2.24) is 0 Å². The molecule has 0 saturated carbocycles. The van der Waals surface area contributed by atoms with E-state index < -0.39 is 5.92 Å². The van der Waals surface area contributed by atoms with Gasteiger partial charge in [-0.1, -0.05) is 27.7 Å². The molecule has 140 valence electrons. The number of thiophene rings is 1. The van der Waals surface area contributed by atoms with E-state index in [-0.39, 0.29) is 45.1 Å². The van der Waals surface area contributed by atoms with E-state index in [2.05, 4.69) is 0 Å². The second-order valence-electron chi connectivity index (χ2n) is 9.09. The van der Waals surface area contributed by atoms with Crippen LogP contribution in [-0.4, -0.2) is 21.8 Å². The van der Waals surface area contributed by atoms with Gasteiger partial charge in [0.2, 0.25) is 0 Å². The third kappa shape index (κ3) is 3.50. The van der Waals surface area contributed by atoms with Crippen molar-refractivity contribution in [3.05, 3.63) is 45.1 Å². The van der Waals surface area contributed by atoms with Crippen LogP contribution in [-0.2, 0) is 9.59 Å². The minimum absolute atomic E-state index is 0.0420. The van der Waals surface area contributed by atoms with Crippen LogP contribution in [0, 0.1) is 10.8 Å². The Bertz CT molecular complexity index is 757. The molecule has 2 aliphatic rings. The van der Waals surface area contributed by atoms with Crippen LogP contribution in [0.25, 0.3) is 0 Å². The van der Waals surface area contributed by atoms with Crippen molar-refractivity contribution in [2.24, 2.45) is 10.8 Å². The molecule has 4 nitrogen and oxygen atoms in total. The van der Waals surface area contributed by atoms with Crippen LogP contribution in [0.1, 0.15) is 64.9 Å². The fourth-order valence-corrected chi connectivity index (χ4v) is 4.86. The standard InChI is InChI=1S/C21H26O4S/c1-20(2)7-13(22)18(14(23)8-20)17(12-5-6-26-11-12)19-15(24)9-21(3,4)10-16(19)25/h5-6,11,17,22,24H,7-10H2,1-4H3. The maximum atomic E-state index is 12.9. The van der Waals surface area contributed by atoms with Crippen LogP contribution >= 0.6 is 11.3 Å². The Morgan fingerprint density at radius 3 is 1.69 bits per heavy atom. The van der Waals surface area contributed by atoms with Crippen LogP contribution in [0.4, 0.5) is 0 Å². The maximum absolute atomic E-state index is 12.9. The molecular formula is C21H26O4S. The molecule has 2 aliphatic carbocycles. The summed E-state index contributed by atoms with van der Waals surface area (Å²) in [7, 11) is 0. The molecule has 1 aromatic rings. The molecule has 0 spiro atoms. The van der Waals surface area contributed by atoms with Gasteiger partial charge in [0.25, 0.3) is 0 Å². The Hall–Kier alpha value is -1.88. The molecule has 1 aromatic heterocycles. The van der Waals surface area contributed by atoms with E-state index in [1.807, 2.05) is 44.5 Å². The molecule has 5 heteroatoms. The highest BCUT2D eigenvalue weighted by Gasteiger charge is 2.43. The summed E-state index contributed by atoms with van der Waals surface area (Å²) in [6.07, 6.45) is 1.42. The first-order chi connectivity index (χ1) is 12.0. The normalized spacial score (nSPS) is 23.1. The third-order valence-corrected chi connectivity index (χ3v) is 5.95. The monoisotopic (exact) mass is 374 g/mol. The van der Waals surface area contributed by atoms with Crippen LogP contribution in [0.15, 0.2) is 39.5 Å². The van der Waals surface area contributed by atoms with E-state index in [1.165, 1.54) is 11.3 Å². The van der Waals surface area contributed by atoms with E-state index >= 15 is 0 Å². The van der Waals surface area contributed by atoms with Crippen LogP contribution in [0.2, 0.25) is 0 Å². The van der Waals surface area contributed by atoms with Gasteiger partial charge in [-0.15, -0.1) is 0 Å². The molecule has 0 amide bonds. The number of rotatable bonds is 3. The summed E-state index contributed by atoms with van der Waals surface area (Å²) in [5, 5.41) is 25.2. The third-order valence-electron chi connectivity index (χ3n) is 5.25. The van der Waals surface area contributed by atoms with Gasteiger partial charge in [0.05, 0.1) is 0 Å². The molecule has 0 aliphatic heterocycles. The van der Waals surface area contributed by atoms with Crippen molar-refractivity contribution in [2.75, 3.05) is 0 Å². The first-order valence-electron chi connectivity index (χ1n) is 8.93. The molecule has 0 atom stereocenters. The zero-order chi connectivity index (χ0) is 19.3. The second kappa shape index (κ2) is 6.38. The van der Waals surface area contributed by atoms with E-state index in [0.717, 1.165) is 5.56 Å². The summed E-state index contributed by atoms with van der Waals surface area (Å²) in [6.45, 7) is 7.79. The summed E-state index contributed by atoms with van der Waals surface area (Å²) in [4.78, 5) is 25.8. The molecule has 0 saturated heterocycles. The topological polar surface area (TPSA) is 74.6 Å². The number of carbonyl (C=O) groups excluding carboxylic acids is 2. The number of hydrogen-bond acceptors (Lipinski definition) is 5. The van der Waals surface area contributed by atoms with Gasteiger partial charge < -0.3 is 10.2 Å². The Balaban J connectivity index is 2.18. The lowest BCUT2D eigenvalue weighted by Gasteiger charge is -2.36. The van der Waals surface area contributed by atoms with Crippen LogP contribution in [0.3, 0.4) is 0 Å². The molecule has 0 bridgehead atoms. The highest BCUT2D eigenvalue weighted by molar-refractivity contribution is 7.08. The number of ketones is 2. The molecule has 2 N–H and O–H groups in total. The molecule has 3 rings (SSSR count). The minimum atomic E-state index is -0.687. The maximum Gasteiger partial charge on any atom is 0.163 e. The van der Waals surface area contributed by atoms with Crippen molar-refractivity contribution < 1.29 is 19.8 Å². The summed E-state index contributed by atoms with van der Waals surface area (Å²) in [6, 6.07) is 1.86. The Morgan fingerprint density at radius 1 is 0.885 bits per heavy atom. The quantitative estimate of drug-likeness (QED) is 0.759. The molecule has 0 fully saturated rings. The summed E-state index contributed by atoms with van der Waals surface area (Å²) >= 11 is 1.47. The number of allylic oxidation sites excluding steroid dienone is 4. The molecule has 0 unspecified atom stereocenters. The van der Waals surface area contributed by atoms with E-state index in [9.17, 15) is 19.8 Å². The molecule has 0 radical (unpaired) electrons. The second-order valence-corrected chi connectivity index (χ2v) is 9.87. The van der Waals surface area contributed by atoms with Gasteiger partial charge in [0.1, 0.15) is 11.5 Å². The highest BCUT2D eigenvalue weighted by atomic mass is 32.1. The summed E-state index contributed by atoms with van der Waals surface area (Å²) < 4.78 is 0. The van der Waals surface area contributed by atoms with Gasteiger partial charge in [-0.25, -0.2) is 0 Å². The number of aliphatic hydroxyl groups excluding tert-OH is 2. The van der Waals surface area contributed by atoms with Gasteiger partial charge >= 0.3 is 0 Å². The zero-order valence-corrected chi connectivity index (χ0v) is 16.6. The highest BCUT2D eigenvalue weighted by Crippen LogP contribution is 2.48. The van der Waals surface area contributed by atoms with E-state index in [0.29, 0.717) is 25.7 Å². The Kier molecular flexibility index (Phi) is 4.63. The smallest absolute Gasteiger partial charge is 0.163 e. The molecule has 1 heterocycles. The van der Waals surface area contributed by atoms with Gasteiger partial charge in [-0.3, -0.25) is 9.59 Å². The van der Waals surface area contributed by atoms with Crippen molar-refractivity contribution in [1.29, 1.82) is 0 Å². The minimum Gasteiger partial charge on any atom is -0.512 e. The first kappa shape index (κ1) is 18.9. The van der Waals surface area contributed by atoms with Crippen LogP contribution < -0.4 is 0 Å². The lowest BCUT2D eigenvalue weighted by atomic mass is 9.67. The van der Waals surface area contributed by atoms with Crippen molar-refractivity contribution in [2.45, 2.75) is 59.3 Å². The first-order valence-corrected chi connectivity index (χ1v) is 9.87. The average Bonchev–Trinajstić information content (AvgIpc) is 2.95. The predicted molar refractivity (Wildman–Crippen MR) is 102 cm³/mol. The van der Waals surface area contributed by atoms with Gasteiger partial charge in [0.15, 0.2) is 11.6 Å². The number of Topliss-reactive ketones (excluding diaryl/α,β-unsaturated/α-hetero) is 2. The molecule has 26 heavy (non-hydrogen) atoms. The van der Waals surface area contributed by atoms with Crippen molar-refractivity contribution in [3.8, 4) is 0 Å². The van der Waals surface area contributed by atoms with Crippen LogP contribution in [0.5, 0.6) is 0 Å². The van der Waals surface area contributed by atoms with Crippen molar-refractivity contribution in [3.63, 3.8) is 0 Å². The lowest BCUT2D eigenvalue weighted by Crippen LogP contribution is -2.33. The fourth-order valence-electron chi connectivity index (χ4n) is 4.18. The Labute approximate surface area is 158 Å². The van der Waals surface area contributed by atoms with E-state index in [1.54, 1.807) is 0 Å². The molecular weight excluding hydrogens is 348 g/mol. The van der Waals surface area contributed by atoms with Gasteiger partial charge in [0, 0.05) is 42.7 Å². The predicted octanol–water partition coefficient (Wildman–Crippen LogP) is 5.23. The van der Waals surface area contributed by atoms with Gasteiger partial charge in [-0.05, 0) is 33.2 Å². The largest absolute Gasteiger partial charge is 0.512 e. The van der Waals surface area contributed by atoms with E-state index in [4.69, 9.17) is 0 Å². The lowest BCUT2D eigenvalue weighted by molar-refractivity contribution is -0.119. The number of carbonyl (C=O) groups is 2. The molecule has 0 aromatic carbocycles.